The first-order chi connectivity index (χ1) is 15.6. The highest BCUT2D eigenvalue weighted by Gasteiger charge is 2.23. The van der Waals surface area contributed by atoms with Gasteiger partial charge in [-0.2, -0.15) is 0 Å². The monoisotopic (exact) mass is 435 g/mol. The minimum Gasteiger partial charge on any atom is -0.496 e. The van der Waals surface area contributed by atoms with Gasteiger partial charge in [0.1, 0.15) is 23.7 Å². The highest BCUT2D eigenvalue weighted by atomic mass is 19.1. The van der Waals surface area contributed by atoms with Crippen molar-refractivity contribution in [1.29, 1.82) is 0 Å². The van der Waals surface area contributed by atoms with Crippen LogP contribution >= 0.6 is 0 Å². The number of carbonyl (C=O) groups excluding carboxylic acids is 1. The number of nitrogens with one attached hydrogen (secondary N) is 1. The topological polar surface area (TPSA) is 70.6 Å². The molecule has 3 aromatic rings. The fraction of sp³-hybridized carbons (Fsp3) is 0.292. The molecule has 0 atom stereocenters. The first-order valence-electron chi connectivity index (χ1n) is 10.6. The number of rotatable bonds is 5. The minimum atomic E-state index is -0.356. The second-order valence-electron chi connectivity index (χ2n) is 7.52. The summed E-state index contributed by atoms with van der Waals surface area (Å²) in [6.45, 7) is 4.49. The predicted octanol–water partition coefficient (Wildman–Crippen LogP) is 4.21. The molecule has 0 saturated carbocycles. The Bertz CT molecular complexity index is 1100. The predicted molar refractivity (Wildman–Crippen MR) is 123 cm³/mol. The van der Waals surface area contributed by atoms with E-state index in [9.17, 15) is 9.18 Å². The molecule has 166 valence electrons. The molecule has 8 heteroatoms. The van der Waals surface area contributed by atoms with Crippen molar-refractivity contribution in [2.45, 2.75) is 13.3 Å². The zero-order valence-corrected chi connectivity index (χ0v) is 18.2. The zero-order valence-electron chi connectivity index (χ0n) is 18.2. The second kappa shape index (κ2) is 9.64. The molecule has 2 aromatic carbocycles. The van der Waals surface area contributed by atoms with E-state index in [1.165, 1.54) is 18.5 Å². The number of aryl methyl sites for hydroxylation is 1. The molecule has 32 heavy (non-hydrogen) atoms. The molecule has 1 saturated heterocycles. The smallest absolute Gasteiger partial charge is 0.321 e. The molecule has 1 N–H and O–H groups in total. The number of benzene rings is 2. The Balaban J connectivity index is 1.43. The number of aromatic nitrogens is 2. The van der Waals surface area contributed by atoms with E-state index in [0.717, 1.165) is 23.5 Å². The number of anilines is 2. The van der Waals surface area contributed by atoms with Crippen molar-refractivity contribution in [3.63, 3.8) is 0 Å². The largest absolute Gasteiger partial charge is 0.496 e. The summed E-state index contributed by atoms with van der Waals surface area (Å²) in [5.74, 6) is 0.924. The van der Waals surface area contributed by atoms with Crippen molar-refractivity contribution >= 4 is 17.5 Å². The molecule has 0 aliphatic carbocycles. The summed E-state index contributed by atoms with van der Waals surface area (Å²) in [5.41, 5.74) is 3.12. The minimum absolute atomic E-state index is 0.0987. The van der Waals surface area contributed by atoms with Crippen molar-refractivity contribution < 1.29 is 13.9 Å². The van der Waals surface area contributed by atoms with Gasteiger partial charge < -0.3 is 19.9 Å². The number of urea groups is 1. The Morgan fingerprint density at radius 2 is 1.88 bits per heavy atom. The van der Waals surface area contributed by atoms with Gasteiger partial charge in [0.2, 0.25) is 0 Å². The maximum atomic E-state index is 13.8. The molecule has 2 heterocycles. The lowest BCUT2D eigenvalue weighted by Gasteiger charge is -2.35. The van der Waals surface area contributed by atoms with Crippen molar-refractivity contribution in [3.05, 3.63) is 66.2 Å². The van der Waals surface area contributed by atoms with Crippen LogP contribution in [0.15, 0.2) is 54.9 Å². The maximum Gasteiger partial charge on any atom is 0.321 e. The number of methoxy groups -OCH3 is 1. The number of halogens is 1. The van der Waals surface area contributed by atoms with E-state index in [4.69, 9.17) is 4.74 Å². The van der Waals surface area contributed by atoms with Crippen molar-refractivity contribution in [3.8, 4) is 17.0 Å². The van der Waals surface area contributed by atoms with Gasteiger partial charge in [-0.05, 0) is 36.2 Å². The number of amides is 2. The van der Waals surface area contributed by atoms with E-state index >= 15 is 0 Å². The number of nitrogens with zero attached hydrogens (tertiary/aromatic N) is 4. The van der Waals surface area contributed by atoms with Crippen LogP contribution in [0, 0.1) is 5.82 Å². The van der Waals surface area contributed by atoms with Gasteiger partial charge in [-0.1, -0.05) is 25.1 Å². The van der Waals surface area contributed by atoms with E-state index in [-0.39, 0.29) is 11.8 Å². The first-order valence-corrected chi connectivity index (χ1v) is 10.6. The van der Waals surface area contributed by atoms with Crippen molar-refractivity contribution in [2.75, 3.05) is 43.5 Å². The lowest BCUT2D eigenvalue weighted by molar-refractivity contribution is 0.208. The van der Waals surface area contributed by atoms with Crippen LogP contribution in [0.5, 0.6) is 5.75 Å². The van der Waals surface area contributed by atoms with E-state index in [1.54, 1.807) is 18.1 Å². The van der Waals surface area contributed by atoms with Gasteiger partial charge >= 0.3 is 6.03 Å². The van der Waals surface area contributed by atoms with Crippen LogP contribution in [-0.2, 0) is 6.42 Å². The molecule has 7 nitrogen and oxygen atoms in total. The average molecular weight is 436 g/mol. The third-order valence-corrected chi connectivity index (χ3v) is 5.62. The Morgan fingerprint density at radius 3 is 2.62 bits per heavy atom. The standard InChI is InChI=1S/C24H26FN5O2/c1-3-17-6-4-5-7-20(17)28-24(31)30-12-10-29(11-13-30)23-15-21(26-16-27-23)19-14-18(25)8-9-22(19)32-2/h4-9,14-16H,3,10-13H2,1-2H3,(H,28,31). The van der Waals surface area contributed by atoms with Gasteiger partial charge in [0, 0.05) is 43.5 Å². The lowest BCUT2D eigenvalue weighted by Crippen LogP contribution is -2.50. The van der Waals surface area contributed by atoms with Gasteiger partial charge in [0.15, 0.2) is 0 Å². The van der Waals surface area contributed by atoms with E-state index in [1.807, 2.05) is 30.3 Å². The number of ether oxygens (including phenoxy) is 1. The summed E-state index contributed by atoms with van der Waals surface area (Å²) in [4.78, 5) is 25.3. The average Bonchev–Trinajstić information content (AvgIpc) is 2.84. The van der Waals surface area contributed by atoms with Crippen molar-refractivity contribution in [1.82, 2.24) is 14.9 Å². The SMILES string of the molecule is CCc1ccccc1NC(=O)N1CCN(c2cc(-c3cc(F)ccc3OC)ncn2)CC1. The zero-order chi connectivity index (χ0) is 22.5. The number of para-hydroxylation sites is 1. The highest BCUT2D eigenvalue weighted by molar-refractivity contribution is 5.90. The molecular weight excluding hydrogens is 409 g/mol. The molecule has 0 radical (unpaired) electrons. The molecule has 0 bridgehead atoms. The van der Waals surface area contributed by atoms with Gasteiger partial charge in [-0.25, -0.2) is 19.2 Å². The Kier molecular flexibility index (Phi) is 6.49. The number of hydrogen-bond donors (Lipinski definition) is 1. The lowest BCUT2D eigenvalue weighted by atomic mass is 10.1. The molecular formula is C24H26FN5O2. The molecule has 4 rings (SSSR count). The summed E-state index contributed by atoms with van der Waals surface area (Å²) < 4.78 is 19.1. The fourth-order valence-corrected chi connectivity index (χ4v) is 3.83. The third-order valence-electron chi connectivity index (χ3n) is 5.62. The normalized spacial score (nSPS) is 13.7. The molecule has 1 fully saturated rings. The third kappa shape index (κ3) is 4.64. The molecule has 1 aliphatic heterocycles. The summed E-state index contributed by atoms with van der Waals surface area (Å²) in [7, 11) is 1.54. The van der Waals surface area contributed by atoms with Crippen LogP contribution in [0.4, 0.5) is 20.7 Å². The van der Waals surface area contributed by atoms with Gasteiger partial charge in [-0.15, -0.1) is 0 Å². The summed E-state index contributed by atoms with van der Waals surface area (Å²) >= 11 is 0. The molecule has 0 unspecified atom stereocenters. The number of carbonyl (C=O) groups is 1. The Hall–Kier alpha value is -3.68. The number of hydrogen-bond acceptors (Lipinski definition) is 5. The van der Waals surface area contributed by atoms with Crippen LogP contribution in [0.1, 0.15) is 12.5 Å². The Labute approximate surface area is 186 Å². The summed E-state index contributed by atoms with van der Waals surface area (Å²) in [5, 5.41) is 3.03. The highest BCUT2D eigenvalue weighted by Crippen LogP contribution is 2.30. The van der Waals surface area contributed by atoms with Crippen LogP contribution in [0.3, 0.4) is 0 Å². The van der Waals surface area contributed by atoms with Gasteiger partial charge in [0.05, 0.1) is 12.8 Å². The fourth-order valence-electron chi connectivity index (χ4n) is 3.83. The molecule has 1 aliphatic rings. The Morgan fingerprint density at radius 1 is 1.09 bits per heavy atom. The number of piperazine rings is 1. The van der Waals surface area contributed by atoms with Crippen LogP contribution < -0.4 is 15.0 Å². The molecule has 2 amide bonds. The molecule has 1 aromatic heterocycles. The quantitative estimate of drug-likeness (QED) is 0.650. The second-order valence-corrected chi connectivity index (χ2v) is 7.52. The van der Waals surface area contributed by atoms with Crippen molar-refractivity contribution in [2.24, 2.45) is 0 Å². The van der Waals surface area contributed by atoms with E-state index in [0.29, 0.717) is 43.2 Å². The van der Waals surface area contributed by atoms with Crippen LogP contribution in [0.2, 0.25) is 0 Å². The van der Waals surface area contributed by atoms with Gasteiger partial charge in [0.25, 0.3) is 0 Å². The molecule has 0 spiro atoms. The van der Waals surface area contributed by atoms with Crippen LogP contribution in [-0.4, -0.2) is 54.2 Å². The van der Waals surface area contributed by atoms with E-state index < -0.39 is 0 Å². The van der Waals surface area contributed by atoms with Crippen LogP contribution in [0.25, 0.3) is 11.3 Å². The summed E-state index contributed by atoms with van der Waals surface area (Å²) in [6.07, 6.45) is 2.33. The van der Waals surface area contributed by atoms with Gasteiger partial charge in [-0.3, -0.25) is 0 Å². The maximum absolute atomic E-state index is 13.8. The first kappa shape index (κ1) is 21.5. The summed E-state index contributed by atoms with van der Waals surface area (Å²) in [6, 6.07) is 13.9. The van der Waals surface area contributed by atoms with E-state index in [2.05, 4.69) is 27.1 Å².